The molecule has 0 unspecified atom stereocenters. The fraction of sp³-hybridized carbons (Fsp3) is 0.762. The highest BCUT2D eigenvalue weighted by Gasteiger charge is 2.65. The molecule has 0 aliphatic carbocycles. The van der Waals surface area contributed by atoms with Crippen molar-refractivity contribution in [1.29, 1.82) is 0 Å². The number of halogens is 1. The molecule has 3 heterocycles. The molecule has 3 rings (SSSR count). The smallest absolute Gasteiger partial charge is 0.361 e. The molecule has 0 spiro atoms. The number of aromatic amines is 1. The molecule has 0 radical (unpaired) electrons. The molecule has 1 N–H and O–H groups in total. The Morgan fingerprint density at radius 2 is 1.55 bits per heavy atom. The Balaban J connectivity index is 2.15. The van der Waals surface area contributed by atoms with Crippen LogP contribution in [0.5, 0.6) is 0 Å². The van der Waals surface area contributed by atoms with E-state index in [1.807, 2.05) is 60.4 Å². The first kappa shape index (κ1) is 26.2. The van der Waals surface area contributed by atoms with Crippen molar-refractivity contribution in [1.82, 2.24) is 9.55 Å². The van der Waals surface area contributed by atoms with Crippen LogP contribution in [0.1, 0.15) is 55.4 Å². The molecule has 0 saturated carbocycles. The van der Waals surface area contributed by atoms with Gasteiger partial charge in [-0.2, -0.15) is 4.39 Å². The second-order valence-electron chi connectivity index (χ2n) is 10.1. The van der Waals surface area contributed by atoms with Crippen LogP contribution in [0.15, 0.2) is 21.9 Å². The number of H-pyrrole nitrogens is 1. The lowest BCUT2D eigenvalue weighted by Crippen LogP contribution is -2.65. The molecule has 2 aliphatic rings. The molecule has 33 heavy (non-hydrogen) atoms. The number of ketones is 1. The first-order valence-electron chi connectivity index (χ1n) is 11.5. The Morgan fingerprint density at radius 1 is 1.00 bits per heavy atom. The lowest BCUT2D eigenvalue weighted by atomic mass is 10.1. The van der Waals surface area contributed by atoms with Crippen LogP contribution in [-0.4, -0.2) is 51.3 Å². The van der Waals surface area contributed by atoms with E-state index in [0.29, 0.717) is 4.57 Å². The average Bonchev–Trinajstić information content (AvgIpc) is 2.91. The molecule has 3 atom stereocenters. The van der Waals surface area contributed by atoms with E-state index in [0.717, 1.165) is 12.3 Å². The summed E-state index contributed by atoms with van der Waals surface area (Å²) in [6.07, 6.45) is -1.47. The van der Waals surface area contributed by atoms with Crippen molar-refractivity contribution in [2.45, 2.75) is 95.7 Å². The van der Waals surface area contributed by atoms with Crippen molar-refractivity contribution in [3.05, 3.63) is 33.1 Å². The van der Waals surface area contributed by atoms with Crippen molar-refractivity contribution in [3.8, 4) is 0 Å². The topological polar surface area (TPSA) is 109 Å². The minimum atomic E-state index is -3.17. The molecule has 1 aromatic rings. The van der Waals surface area contributed by atoms with E-state index in [1.165, 1.54) is 0 Å². The van der Waals surface area contributed by atoms with E-state index in [1.54, 1.807) is 0 Å². The number of nitrogens with zero attached hydrogens (tertiary/aromatic N) is 1. The molecule has 2 saturated heterocycles. The molecule has 1 aromatic heterocycles. The van der Waals surface area contributed by atoms with E-state index < -0.39 is 52.3 Å². The Bertz CT molecular complexity index is 993. The number of Topliss-reactive ketones (excluding diaryl/α,β-unsaturated/α-hetero) is 1. The molecule has 12 heteroatoms. The third kappa shape index (κ3) is 4.14. The largest absolute Gasteiger partial charge is 0.414 e. The van der Waals surface area contributed by atoms with Gasteiger partial charge in [0.2, 0.25) is 5.78 Å². The van der Waals surface area contributed by atoms with Gasteiger partial charge in [-0.15, -0.1) is 0 Å². The molecular weight excluding hydrogens is 467 g/mol. The van der Waals surface area contributed by atoms with Crippen molar-refractivity contribution < 1.29 is 26.9 Å². The van der Waals surface area contributed by atoms with Crippen LogP contribution in [0.25, 0.3) is 0 Å². The van der Waals surface area contributed by atoms with Crippen LogP contribution in [0.3, 0.4) is 0 Å². The predicted molar refractivity (Wildman–Crippen MR) is 124 cm³/mol. The van der Waals surface area contributed by atoms with E-state index in [9.17, 15) is 14.4 Å². The van der Waals surface area contributed by atoms with Crippen molar-refractivity contribution in [3.63, 3.8) is 0 Å². The Kier molecular flexibility index (Phi) is 7.11. The number of aromatic nitrogens is 2. The summed E-state index contributed by atoms with van der Waals surface area (Å²) < 4.78 is 42.1. The van der Waals surface area contributed by atoms with Gasteiger partial charge in [-0.1, -0.05) is 55.4 Å². The number of carbonyl (C=O) groups is 1. The maximum Gasteiger partial charge on any atom is 0.361 e. The highest BCUT2D eigenvalue weighted by molar-refractivity contribution is 6.84. The summed E-state index contributed by atoms with van der Waals surface area (Å²) in [5, 5.41) is 0. The zero-order valence-electron chi connectivity index (χ0n) is 20.5. The normalized spacial score (nSPS) is 29.5. The predicted octanol–water partition coefficient (Wildman–Crippen LogP) is 3.04. The van der Waals surface area contributed by atoms with Crippen LogP contribution in [-0.2, 0) is 28.5 Å². The van der Waals surface area contributed by atoms with E-state index >= 15 is 4.39 Å². The SMILES string of the molecule is CC(C)[Si]1(C(C)C)OC[C@H]2O[C@@](F)(n3ccc(=O)[nH]c3=O)C(=O)[C@@H]2O[Si](C(C)C)(C(C)C)O1. The average molecular weight is 503 g/mol. The lowest BCUT2D eigenvalue weighted by molar-refractivity contribution is -0.204. The molecule has 0 bridgehead atoms. The summed E-state index contributed by atoms with van der Waals surface area (Å²) in [7, 11) is -6.07. The number of hydrogen-bond donors (Lipinski definition) is 1. The van der Waals surface area contributed by atoms with Gasteiger partial charge >= 0.3 is 28.8 Å². The van der Waals surface area contributed by atoms with Crippen molar-refractivity contribution >= 4 is 22.9 Å². The summed E-state index contributed by atoms with van der Waals surface area (Å²) in [6.45, 7) is 16.0. The second-order valence-corrected chi connectivity index (χ2v) is 18.9. The van der Waals surface area contributed by atoms with Gasteiger partial charge in [0.15, 0.2) is 0 Å². The Labute approximate surface area is 195 Å². The lowest BCUT2D eigenvalue weighted by Gasteiger charge is -2.50. The van der Waals surface area contributed by atoms with E-state index in [4.69, 9.17) is 17.7 Å². The second kappa shape index (κ2) is 8.97. The van der Waals surface area contributed by atoms with E-state index in [-0.39, 0.29) is 28.8 Å². The molecule has 0 amide bonds. The van der Waals surface area contributed by atoms with E-state index in [2.05, 4.69) is 0 Å². The fourth-order valence-electron chi connectivity index (χ4n) is 4.86. The third-order valence-electron chi connectivity index (χ3n) is 6.66. The number of fused-ring (bicyclic) bond motifs is 1. The molecule has 0 aromatic carbocycles. The van der Waals surface area contributed by atoms with Gasteiger partial charge in [-0.05, 0) is 22.2 Å². The van der Waals surface area contributed by atoms with Crippen LogP contribution in [0.4, 0.5) is 4.39 Å². The third-order valence-corrected chi connectivity index (χ3v) is 16.9. The van der Waals surface area contributed by atoms with Crippen LogP contribution < -0.4 is 11.2 Å². The Morgan fingerprint density at radius 3 is 2.03 bits per heavy atom. The van der Waals surface area contributed by atoms with Crippen LogP contribution in [0, 0.1) is 0 Å². The summed E-state index contributed by atoms with van der Waals surface area (Å²) in [4.78, 5) is 39.1. The summed E-state index contributed by atoms with van der Waals surface area (Å²) in [6, 6.07) is 0.955. The van der Waals surface area contributed by atoms with Crippen LogP contribution in [0.2, 0.25) is 22.2 Å². The number of alkyl halides is 1. The molecule has 2 fully saturated rings. The number of hydrogen-bond acceptors (Lipinski definition) is 7. The van der Waals surface area contributed by atoms with Gasteiger partial charge in [-0.25, -0.2) is 9.36 Å². The monoisotopic (exact) mass is 502 g/mol. The minimum Gasteiger partial charge on any atom is -0.414 e. The van der Waals surface area contributed by atoms with Crippen molar-refractivity contribution in [2.75, 3.05) is 6.61 Å². The number of nitrogens with one attached hydrogen (secondary N) is 1. The summed E-state index contributed by atoms with van der Waals surface area (Å²) in [5.74, 6) is -4.17. The first-order chi connectivity index (χ1) is 15.2. The number of rotatable bonds is 5. The minimum absolute atomic E-state index is 0.0658. The van der Waals surface area contributed by atoms with Crippen molar-refractivity contribution in [2.24, 2.45) is 0 Å². The van der Waals surface area contributed by atoms with Gasteiger partial charge in [-0.3, -0.25) is 14.6 Å². The summed E-state index contributed by atoms with van der Waals surface area (Å²) >= 11 is 0. The number of ether oxygens (including phenoxy) is 1. The molecule has 2 aliphatic heterocycles. The van der Waals surface area contributed by atoms with Crippen LogP contribution >= 0.6 is 0 Å². The maximum absolute atomic E-state index is 16.1. The van der Waals surface area contributed by atoms with Gasteiger partial charge in [0.05, 0.1) is 6.61 Å². The zero-order valence-corrected chi connectivity index (χ0v) is 22.5. The summed E-state index contributed by atoms with van der Waals surface area (Å²) in [5.41, 5.74) is -1.80. The fourth-order valence-corrected chi connectivity index (χ4v) is 16.0. The zero-order chi connectivity index (χ0) is 24.9. The standard InChI is InChI=1S/C21H35FN2O7Si2/c1-12(2)32(13(3)4)28-11-16-18(30-33(31-32,14(5)6)15(7)8)19(26)21(22,29-16)24-10-9-17(25)23-20(24)27/h9-10,12-16,18H,11H2,1-8H3,(H,23,25,27)/t16-,18-,21+/m1/s1. The molecular formula is C21H35FN2O7Si2. The number of carbonyl (C=O) groups excluding carboxylic acids is 1. The molecule has 186 valence electrons. The Hall–Kier alpha value is -1.45. The van der Waals surface area contributed by atoms with Gasteiger partial charge in [0.25, 0.3) is 5.56 Å². The highest BCUT2D eigenvalue weighted by atomic mass is 28.5. The first-order valence-corrected chi connectivity index (χ1v) is 15.4. The molecule has 9 nitrogen and oxygen atoms in total. The van der Waals surface area contributed by atoms with Gasteiger partial charge in [0, 0.05) is 12.3 Å². The quantitative estimate of drug-likeness (QED) is 0.617. The van der Waals surface area contributed by atoms with Gasteiger partial charge in [0.1, 0.15) is 12.2 Å². The highest BCUT2D eigenvalue weighted by Crippen LogP contribution is 2.48. The van der Waals surface area contributed by atoms with Gasteiger partial charge < -0.3 is 17.7 Å². The maximum atomic E-state index is 16.1.